The van der Waals surface area contributed by atoms with Gasteiger partial charge < -0.3 is 9.94 Å². The molecule has 148 valence electrons. The molecule has 0 spiro atoms. The van der Waals surface area contributed by atoms with Gasteiger partial charge in [0.1, 0.15) is 0 Å². The molecule has 28 heavy (non-hydrogen) atoms. The zero-order chi connectivity index (χ0) is 20.5. The first-order valence-corrected chi connectivity index (χ1v) is 9.81. The molecular formula is C20H21NO6S. The van der Waals surface area contributed by atoms with Gasteiger partial charge in [0.25, 0.3) is 0 Å². The zero-order valence-electron chi connectivity index (χ0n) is 15.3. The molecule has 0 saturated heterocycles. The average Bonchev–Trinajstić information content (AvgIpc) is 2.67. The van der Waals surface area contributed by atoms with Gasteiger partial charge in [0, 0.05) is 29.9 Å². The van der Waals surface area contributed by atoms with Crippen molar-refractivity contribution in [2.45, 2.75) is 19.8 Å². The van der Waals surface area contributed by atoms with Crippen LogP contribution >= 0.6 is 11.8 Å². The number of benzene rings is 2. The van der Waals surface area contributed by atoms with Gasteiger partial charge in [-0.1, -0.05) is 42.5 Å². The third-order valence-corrected chi connectivity index (χ3v) is 5.06. The molecule has 1 atom stereocenters. The summed E-state index contributed by atoms with van der Waals surface area (Å²) in [5.74, 6) is -2.46. The van der Waals surface area contributed by atoms with E-state index in [1.54, 1.807) is 12.1 Å². The Labute approximate surface area is 166 Å². The smallest absolute Gasteiger partial charge is 0.333 e. The van der Waals surface area contributed by atoms with Crippen molar-refractivity contribution in [1.82, 2.24) is 5.48 Å². The lowest BCUT2D eigenvalue weighted by molar-refractivity contribution is -0.157. The van der Waals surface area contributed by atoms with Crippen molar-refractivity contribution in [2.24, 2.45) is 5.92 Å². The molecule has 0 radical (unpaired) electrons. The summed E-state index contributed by atoms with van der Waals surface area (Å²) < 4.78 is 0. The summed E-state index contributed by atoms with van der Waals surface area (Å²) in [6.07, 6.45) is -0.251. The van der Waals surface area contributed by atoms with E-state index in [0.29, 0.717) is 11.3 Å². The number of carbonyl (C=O) groups is 4. The predicted molar refractivity (Wildman–Crippen MR) is 106 cm³/mol. The molecule has 0 unspecified atom stereocenters. The second-order valence-electron chi connectivity index (χ2n) is 6.14. The second kappa shape index (κ2) is 10.5. The molecule has 2 aromatic carbocycles. The SMILES string of the molecule is CC(=O)NOC(=O)CCSC[C@H](CC(=O)O)C(=O)c1cccc2ccccc12. The maximum Gasteiger partial charge on any atom is 0.333 e. The number of carboxylic acid groups (broad SMARTS) is 1. The Morgan fingerprint density at radius 3 is 2.54 bits per heavy atom. The standard InChI is InChI=1S/C20H21NO6S/c1-13(22)21-27-19(25)9-10-28-12-15(11-18(23)24)20(26)17-8-4-6-14-5-2-3-7-16(14)17/h2-8,15H,9-12H2,1H3,(H,21,22)(H,23,24)/t15-/m0/s1. The van der Waals surface area contributed by atoms with Crippen molar-refractivity contribution < 1.29 is 29.1 Å². The van der Waals surface area contributed by atoms with Crippen molar-refractivity contribution >= 4 is 46.2 Å². The van der Waals surface area contributed by atoms with Crippen LogP contribution in [0.25, 0.3) is 10.8 Å². The molecule has 0 aliphatic rings. The highest BCUT2D eigenvalue weighted by Gasteiger charge is 2.24. The van der Waals surface area contributed by atoms with Crippen molar-refractivity contribution in [3.63, 3.8) is 0 Å². The van der Waals surface area contributed by atoms with Crippen LogP contribution in [0.3, 0.4) is 0 Å². The summed E-state index contributed by atoms with van der Waals surface area (Å²) in [6, 6.07) is 12.8. The summed E-state index contributed by atoms with van der Waals surface area (Å²) in [4.78, 5) is 50.9. The van der Waals surface area contributed by atoms with Gasteiger partial charge in [-0.25, -0.2) is 4.79 Å². The van der Waals surface area contributed by atoms with E-state index in [-0.39, 0.29) is 24.4 Å². The molecule has 7 nitrogen and oxygen atoms in total. The first kappa shape index (κ1) is 21.4. The van der Waals surface area contributed by atoms with Gasteiger partial charge in [-0.05, 0) is 10.8 Å². The molecule has 0 heterocycles. The van der Waals surface area contributed by atoms with E-state index in [1.807, 2.05) is 35.8 Å². The monoisotopic (exact) mass is 403 g/mol. The number of carbonyl (C=O) groups excluding carboxylic acids is 3. The van der Waals surface area contributed by atoms with E-state index in [0.717, 1.165) is 10.8 Å². The van der Waals surface area contributed by atoms with Crippen LogP contribution in [0.15, 0.2) is 42.5 Å². The van der Waals surface area contributed by atoms with Crippen LogP contribution in [0, 0.1) is 5.92 Å². The zero-order valence-corrected chi connectivity index (χ0v) is 16.2. The van der Waals surface area contributed by atoms with Gasteiger partial charge in [0.05, 0.1) is 12.8 Å². The van der Waals surface area contributed by atoms with Crippen LogP contribution in [0.5, 0.6) is 0 Å². The fraction of sp³-hybridized carbons (Fsp3) is 0.300. The molecule has 0 aromatic heterocycles. The lowest BCUT2D eigenvalue weighted by atomic mass is 9.92. The summed E-state index contributed by atoms with van der Waals surface area (Å²) in [5.41, 5.74) is 2.44. The average molecular weight is 403 g/mol. The van der Waals surface area contributed by atoms with Crippen molar-refractivity contribution in [3.05, 3.63) is 48.0 Å². The number of carboxylic acids is 1. The minimum atomic E-state index is -1.05. The highest BCUT2D eigenvalue weighted by molar-refractivity contribution is 7.99. The van der Waals surface area contributed by atoms with Gasteiger partial charge in [0.15, 0.2) is 5.78 Å². The van der Waals surface area contributed by atoms with Gasteiger partial charge in [0.2, 0.25) is 5.91 Å². The van der Waals surface area contributed by atoms with E-state index < -0.39 is 23.8 Å². The normalized spacial score (nSPS) is 11.6. The lowest BCUT2D eigenvalue weighted by Gasteiger charge is -2.15. The van der Waals surface area contributed by atoms with E-state index in [2.05, 4.69) is 4.84 Å². The Morgan fingerprint density at radius 1 is 1.11 bits per heavy atom. The molecule has 0 aliphatic carbocycles. The number of Topliss-reactive ketones (excluding diaryl/α,β-unsaturated/α-hetero) is 1. The van der Waals surface area contributed by atoms with Crippen LogP contribution in [-0.4, -0.2) is 40.2 Å². The first-order valence-electron chi connectivity index (χ1n) is 8.66. The Bertz CT molecular complexity index is 877. The number of rotatable bonds is 9. The number of thioether (sulfide) groups is 1. The number of aliphatic carboxylic acids is 1. The van der Waals surface area contributed by atoms with Gasteiger partial charge >= 0.3 is 11.9 Å². The molecule has 1 amide bonds. The number of ketones is 1. The Morgan fingerprint density at radius 2 is 1.82 bits per heavy atom. The van der Waals surface area contributed by atoms with Crippen molar-refractivity contribution in [1.29, 1.82) is 0 Å². The Balaban J connectivity index is 2.00. The van der Waals surface area contributed by atoms with Crippen molar-refractivity contribution in [3.8, 4) is 0 Å². The summed E-state index contributed by atoms with van der Waals surface area (Å²) in [6.45, 7) is 1.22. The fourth-order valence-electron chi connectivity index (χ4n) is 2.66. The number of amides is 1. The summed E-state index contributed by atoms with van der Waals surface area (Å²) >= 11 is 1.30. The van der Waals surface area contributed by atoms with E-state index >= 15 is 0 Å². The molecule has 2 rings (SSSR count). The van der Waals surface area contributed by atoms with Crippen LogP contribution in [-0.2, 0) is 19.2 Å². The van der Waals surface area contributed by atoms with Gasteiger partial charge in [-0.15, -0.1) is 0 Å². The third kappa shape index (κ3) is 6.38. The topological polar surface area (TPSA) is 110 Å². The molecule has 2 aromatic rings. The molecular weight excluding hydrogens is 382 g/mol. The fourth-order valence-corrected chi connectivity index (χ4v) is 3.69. The maximum absolute atomic E-state index is 13.0. The highest BCUT2D eigenvalue weighted by atomic mass is 32.2. The quantitative estimate of drug-likeness (QED) is 0.376. The summed E-state index contributed by atoms with van der Waals surface area (Å²) in [5, 5.41) is 10.9. The first-order chi connectivity index (χ1) is 13.4. The molecule has 0 fully saturated rings. The molecule has 0 aliphatic heterocycles. The van der Waals surface area contributed by atoms with Crippen LogP contribution in [0.2, 0.25) is 0 Å². The minimum absolute atomic E-state index is 0.0349. The molecule has 8 heteroatoms. The Hall–Kier alpha value is -2.87. The number of nitrogens with one attached hydrogen (secondary N) is 1. The minimum Gasteiger partial charge on any atom is -0.481 e. The van der Waals surface area contributed by atoms with E-state index in [4.69, 9.17) is 0 Å². The molecule has 0 saturated carbocycles. The predicted octanol–water partition coefficient (Wildman–Crippen LogP) is 2.83. The molecule has 2 N–H and O–H groups in total. The van der Waals surface area contributed by atoms with E-state index in [1.165, 1.54) is 18.7 Å². The lowest BCUT2D eigenvalue weighted by Crippen LogP contribution is -2.25. The number of hydroxylamine groups is 1. The highest BCUT2D eigenvalue weighted by Crippen LogP contribution is 2.25. The third-order valence-electron chi connectivity index (χ3n) is 3.93. The van der Waals surface area contributed by atoms with Crippen molar-refractivity contribution in [2.75, 3.05) is 11.5 Å². The van der Waals surface area contributed by atoms with Crippen LogP contribution in [0.1, 0.15) is 30.1 Å². The number of hydrogen-bond acceptors (Lipinski definition) is 6. The number of hydrogen-bond donors (Lipinski definition) is 2. The summed E-state index contributed by atoms with van der Waals surface area (Å²) in [7, 11) is 0. The molecule has 0 bridgehead atoms. The van der Waals surface area contributed by atoms with Gasteiger partial charge in [-0.3, -0.25) is 14.4 Å². The Kier molecular flexibility index (Phi) is 8.01. The number of fused-ring (bicyclic) bond motifs is 1. The maximum atomic E-state index is 13.0. The van der Waals surface area contributed by atoms with Crippen LogP contribution < -0.4 is 5.48 Å². The van der Waals surface area contributed by atoms with E-state index in [9.17, 15) is 24.3 Å². The largest absolute Gasteiger partial charge is 0.481 e. The van der Waals surface area contributed by atoms with Crippen LogP contribution in [0.4, 0.5) is 0 Å². The second-order valence-corrected chi connectivity index (χ2v) is 7.29. The van der Waals surface area contributed by atoms with Gasteiger partial charge in [-0.2, -0.15) is 17.2 Å².